The topological polar surface area (TPSA) is 104 Å². The second-order valence-corrected chi connectivity index (χ2v) is 7.59. The van der Waals surface area contributed by atoms with E-state index in [2.05, 4.69) is 4.72 Å². The van der Waals surface area contributed by atoms with Crippen LogP contribution in [0.3, 0.4) is 0 Å². The molecular formula is C13H19NO5S2. The summed E-state index contributed by atoms with van der Waals surface area (Å²) in [6, 6.07) is 4.07. The summed E-state index contributed by atoms with van der Waals surface area (Å²) in [5.41, 5.74) is -1.07. The van der Waals surface area contributed by atoms with E-state index in [4.69, 9.17) is 5.11 Å². The fourth-order valence-electron chi connectivity index (χ4n) is 1.83. The summed E-state index contributed by atoms with van der Waals surface area (Å²) in [4.78, 5) is 11.0. The number of carboxylic acid groups (broad SMARTS) is 1. The van der Waals surface area contributed by atoms with Crippen LogP contribution in [0.2, 0.25) is 0 Å². The number of aliphatic hydroxyl groups is 1. The van der Waals surface area contributed by atoms with Gasteiger partial charge in [-0.25, -0.2) is 17.9 Å². The van der Waals surface area contributed by atoms with Crippen molar-refractivity contribution in [3.05, 3.63) is 29.3 Å². The van der Waals surface area contributed by atoms with Crippen molar-refractivity contribution in [2.45, 2.75) is 24.3 Å². The molecule has 1 aromatic rings. The molecule has 3 N–H and O–H groups in total. The summed E-state index contributed by atoms with van der Waals surface area (Å²) < 4.78 is 26.8. The van der Waals surface area contributed by atoms with Gasteiger partial charge >= 0.3 is 5.97 Å². The number of aromatic carboxylic acids is 1. The van der Waals surface area contributed by atoms with Crippen LogP contribution in [-0.4, -0.2) is 48.8 Å². The molecule has 6 nitrogen and oxygen atoms in total. The van der Waals surface area contributed by atoms with E-state index in [1.807, 2.05) is 6.26 Å². The third-order valence-corrected chi connectivity index (χ3v) is 5.36. The van der Waals surface area contributed by atoms with Crippen LogP contribution in [-0.2, 0) is 10.0 Å². The molecule has 0 aliphatic rings. The van der Waals surface area contributed by atoms with Gasteiger partial charge in [-0.2, -0.15) is 11.8 Å². The molecule has 21 heavy (non-hydrogen) atoms. The van der Waals surface area contributed by atoms with Crippen LogP contribution in [0.25, 0.3) is 0 Å². The van der Waals surface area contributed by atoms with Crippen molar-refractivity contribution >= 4 is 27.8 Å². The molecule has 0 heterocycles. The third kappa shape index (κ3) is 4.70. The smallest absolute Gasteiger partial charge is 0.335 e. The minimum Gasteiger partial charge on any atom is -0.478 e. The van der Waals surface area contributed by atoms with Crippen LogP contribution in [0, 0.1) is 6.92 Å². The first-order valence-electron chi connectivity index (χ1n) is 6.14. The largest absolute Gasteiger partial charge is 0.478 e. The highest BCUT2D eigenvalue weighted by molar-refractivity contribution is 7.98. The maximum Gasteiger partial charge on any atom is 0.335 e. The van der Waals surface area contributed by atoms with Gasteiger partial charge in [0.2, 0.25) is 10.0 Å². The first-order valence-corrected chi connectivity index (χ1v) is 9.02. The first kappa shape index (κ1) is 18.0. The Morgan fingerprint density at radius 3 is 2.57 bits per heavy atom. The van der Waals surface area contributed by atoms with Crippen molar-refractivity contribution in [1.29, 1.82) is 0 Å². The Labute approximate surface area is 128 Å². The van der Waals surface area contributed by atoms with Crippen molar-refractivity contribution in [1.82, 2.24) is 4.72 Å². The average Bonchev–Trinajstić information content (AvgIpc) is 2.36. The number of nitrogens with one attached hydrogen (secondary N) is 1. The summed E-state index contributed by atoms with van der Waals surface area (Å²) in [6.07, 6.45) is 1.81. The third-order valence-electron chi connectivity index (χ3n) is 2.90. The normalized spacial score (nSPS) is 14.7. The Morgan fingerprint density at radius 2 is 2.05 bits per heavy atom. The van der Waals surface area contributed by atoms with Crippen molar-refractivity contribution in [3.8, 4) is 0 Å². The van der Waals surface area contributed by atoms with E-state index in [9.17, 15) is 18.3 Å². The van der Waals surface area contributed by atoms with Gasteiger partial charge in [0.05, 0.1) is 16.1 Å². The monoisotopic (exact) mass is 333 g/mol. The SMILES string of the molecule is CSCC(C)(O)CNS(=O)(=O)c1cccc(C(=O)O)c1C. The molecule has 1 aromatic carbocycles. The number of carbonyl (C=O) groups is 1. The molecule has 1 unspecified atom stereocenters. The Balaban J connectivity index is 3.04. The van der Waals surface area contributed by atoms with E-state index in [1.165, 1.54) is 43.8 Å². The predicted octanol–water partition coefficient (Wildman–Crippen LogP) is 1.09. The van der Waals surface area contributed by atoms with Crippen LogP contribution >= 0.6 is 11.8 Å². The van der Waals surface area contributed by atoms with Gasteiger partial charge in [-0.3, -0.25) is 0 Å². The van der Waals surface area contributed by atoms with Crippen molar-refractivity contribution in [3.63, 3.8) is 0 Å². The van der Waals surface area contributed by atoms with Gasteiger partial charge in [0.15, 0.2) is 0 Å². The number of sulfonamides is 1. The Bertz CT molecular complexity index is 625. The summed E-state index contributed by atoms with van der Waals surface area (Å²) >= 11 is 1.40. The van der Waals surface area contributed by atoms with Crippen LogP contribution in [0.1, 0.15) is 22.8 Å². The number of benzene rings is 1. The fourth-order valence-corrected chi connectivity index (χ4v) is 3.98. The van der Waals surface area contributed by atoms with Gasteiger partial charge in [-0.15, -0.1) is 0 Å². The molecule has 0 amide bonds. The van der Waals surface area contributed by atoms with E-state index in [0.29, 0.717) is 5.75 Å². The zero-order valence-electron chi connectivity index (χ0n) is 12.1. The van der Waals surface area contributed by atoms with Crippen molar-refractivity contribution in [2.24, 2.45) is 0 Å². The maximum absolute atomic E-state index is 12.3. The Kier molecular flexibility index (Phi) is 5.80. The molecule has 8 heteroatoms. The second kappa shape index (κ2) is 6.78. The van der Waals surface area contributed by atoms with Crippen LogP contribution < -0.4 is 4.72 Å². The number of carboxylic acids is 1. The molecule has 0 fully saturated rings. The lowest BCUT2D eigenvalue weighted by Crippen LogP contribution is -2.42. The molecule has 0 aliphatic heterocycles. The maximum atomic E-state index is 12.3. The van der Waals surface area contributed by atoms with Gasteiger partial charge in [0.1, 0.15) is 0 Å². The summed E-state index contributed by atoms with van der Waals surface area (Å²) in [6.45, 7) is 2.83. The zero-order chi connectivity index (χ0) is 16.3. The highest BCUT2D eigenvalue weighted by Gasteiger charge is 2.25. The van der Waals surface area contributed by atoms with Gasteiger partial charge in [-0.1, -0.05) is 6.07 Å². The molecule has 0 radical (unpaired) electrons. The van der Waals surface area contributed by atoms with Crippen LogP contribution in [0.4, 0.5) is 0 Å². The van der Waals surface area contributed by atoms with E-state index in [0.717, 1.165) is 0 Å². The highest BCUT2D eigenvalue weighted by atomic mass is 32.2. The Hall–Kier alpha value is -1.09. The zero-order valence-corrected chi connectivity index (χ0v) is 13.7. The molecule has 1 atom stereocenters. The molecule has 0 spiro atoms. The van der Waals surface area contributed by atoms with E-state index < -0.39 is 21.6 Å². The minimum atomic E-state index is -3.88. The van der Waals surface area contributed by atoms with Crippen LogP contribution in [0.15, 0.2) is 23.1 Å². The summed E-state index contributed by atoms with van der Waals surface area (Å²) in [5, 5.41) is 19.0. The summed E-state index contributed by atoms with van der Waals surface area (Å²) in [5.74, 6) is -0.803. The molecule has 0 aromatic heterocycles. The second-order valence-electron chi connectivity index (χ2n) is 4.99. The molecule has 0 bridgehead atoms. The summed E-state index contributed by atoms with van der Waals surface area (Å²) in [7, 11) is -3.88. The molecule has 0 saturated heterocycles. The Morgan fingerprint density at radius 1 is 1.43 bits per heavy atom. The molecular weight excluding hydrogens is 314 g/mol. The van der Waals surface area contributed by atoms with Gasteiger partial charge in [0, 0.05) is 12.3 Å². The number of hydrogen-bond acceptors (Lipinski definition) is 5. The molecule has 0 saturated carbocycles. The lowest BCUT2D eigenvalue weighted by atomic mass is 10.1. The predicted molar refractivity (Wildman–Crippen MR) is 82.3 cm³/mol. The quantitative estimate of drug-likeness (QED) is 0.690. The van der Waals surface area contributed by atoms with E-state index in [1.54, 1.807) is 0 Å². The van der Waals surface area contributed by atoms with E-state index in [-0.39, 0.29) is 22.6 Å². The molecule has 118 valence electrons. The van der Waals surface area contributed by atoms with E-state index >= 15 is 0 Å². The van der Waals surface area contributed by atoms with Gasteiger partial charge in [-0.05, 0) is 37.8 Å². The first-order chi connectivity index (χ1) is 9.60. The van der Waals surface area contributed by atoms with Gasteiger partial charge < -0.3 is 10.2 Å². The number of hydrogen-bond donors (Lipinski definition) is 3. The van der Waals surface area contributed by atoms with Crippen molar-refractivity contribution < 1.29 is 23.4 Å². The lowest BCUT2D eigenvalue weighted by Gasteiger charge is -2.22. The number of thioether (sulfide) groups is 1. The standard InChI is InChI=1S/C13H19NO5S2/c1-9-10(12(15)16)5-4-6-11(9)21(18,19)14-7-13(2,17)8-20-3/h4-6,14,17H,7-8H2,1-3H3,(H,15,16). The number of rotatable bonds is 7. The van der Waals surface area contributed by atoms with Crippen molar-refractivity contribution in [2.75, 3.05) is 18.6 Å². The lowest BCUT2D eigenvalue weighted by molar-refractivity contribution is 0.0695. The molecule has 1 rings (SSSR count). The van der Waals surface area contributed by atoms with Gasteiger partial charge in [0.25, 0.3) is 0 Å². The fraction of sp³-hybridized carbons (Fsp3) is 0.462. The van der Waals surface area contributed by atoms with Crippen LogP contribution in [0.5, 0.6) is 0 Å². The minimum absolute atomic E-state index is 0.0613. The average molecular weight is 333 g/mol. The highest BCUT2D eigenvalue weighted by Crippen LogP contribution is 2.19. The molecule has 0 aliphatic carbocycles.